The third-order valence-corrected chi connectivity index (χ3v) is 3.49. The van der Waals surface area contributed by atoms with Crippen molar-refractivity contribution in [2.45, 2.75) is 32.5 Å². The number of carbonyl (C=O) groups is 1. The molecular formula is C15H19BClFO7. The van der Waals surface area contributed by atoms with Crippen LogP contribution >= 0.6 is 11.6 Å². The van der Waals surface area contributed by atoms with E-state index in [1.165, 1.54) is 19.9 Å². The van der Waals surface area contributed by atoms with Crippen molar-refractivity contribution < 1.29 is 38.2 Å². The van der Waals surface area contributed by atoms with Crippen molar-refractivity contribution in [1.82, 2.24) is 0 Å². The smallest absolute Gasteiger partial charge is 0.491 e. The van der Waals surface area contributed by atoms with E-state index in [0.717, 1.165) is 0 Å². The van der Waals surface area contributed by atoms with Gasteiger partial charge in [-0.2, -0.15) is 0 Å². The number of hydrogen-bond acceptors (Lipinski definition) is 7. The van der Waals surface area contributed by atoms with Crippen LogP contribution in [0.1, 0.15) is 37.0 Å². The van der Waals surface area contributed by atoms with E-state index in [-0.39, 0.29) is 34.4 Å². The second kappa shape index (κ2) is 8.12. The van der Waals surface area contributed by atoms with Gasteiger partial charge in [-0.3, -0.25) is 4.39 Å². The molecule has 0 atom stereocenters. The standard InChI is InChI=1S/C15H19BClFO7/c1-15(2)24-13-11(14(19)25-15)10(22-6-4-3-5-18)7-9(17)12(13)23-8-16(20)21/h7,20-21H,3-6,8H2,1-2H3. The van der Waals surface area contributed by atoms with E-state index < -0.39 is 32.1 Å². The molecule has 0 saturated heterocycles. The Morgan fingerprint density at radius 2 is 2.00 bits per heavy atom. The summed E-state index contributed by atoms with van der Waals surface area (Å²) in [5.41, 5.74) is -0.0218. The molecule has 0 spiro atoms. The highest BCUT2D eigenvalue weighted by atomic mass is 35.5. The number of cyclic esters (lactones) is 1. The number of esters is 1. The summed E-state index contributed by atoms with van der Waals surface area (Å²) in [7, 11) is -1.73. The van der Waals surface area contributed by atoms with Gasteiger partial charge in [-0.15, -0.1) is 0 Å². The van der Waals surface area contributed by atoms with E-state index in [2.05, 4.69) is 0 Å². The number of hydrogen-bond donors (Lipinski definition) is 2. The second-order valence-corrected chi connectivity index (χ2v) is 6.22. The molecule has 1 aliphatic heterocycles. The van der Waals surface area contributed by atoms with Crippen molar-refractivity contribution in [1.29, 1.82) is 0 Å². The monoisotopic (exact) mass is 376 g/mol. The molecule has 0 saturated carbocycles. The maximum atomic E-state index is 12.4. The van der Waals surface area contributed by atoms with E-state index in [9.17, 15) is 9.18 Å². The molecule has 1 aliphatic rings. The van der Waals surface area contributed by atoms with E-state index in [4.69, 9.17) is 40.6 Å². The number of halogens is 2. The minimum Gasteiger partial charge on any atom is -0.492 e. The SMILES string of the molecule is CC1(C)OC(=O)c2c(OCCCCF)cc(Cl)c(OCB(O)O)c2O1. The van der Waals surface area contributed by atoms with Gasteiger partial charge in [0.25, 0.3) is 0 Å². The largest absolute Gasteiger partial charge is 0.492 e. The molecule has 0 fully saturated rings. The molecule has 1 heterocycles. The van der Waals surface area contributed by atoms with E-state index in [1.807, 2.05) is 0 Å². The van der Waals surface area contributed by atoms with Gasteiger partial charge in [-0.1, -0.05) is 11.6 Å². The molecule has 0 radical (unpaired) electrons. The molecule has 0 bridgehead atoms. The quantitative estimate of drug-likeness (QED) is 0.408. The van der Waals surface area contributed by atoms with Crippen molar-refractivity contribution >= 4 is 24.7 Å². The summed E-state index contributed by atoms with van der Waals surface area (Å²) in [6, 6.07) is 1.35. The Bertz CT molecular complexity index is 639. The summed E-state index contributed by atoms with van der Waals surface area (Å²) in [5, 5.41) is 18.0. The van der Waals surface area contributed by atoms with Gasteiger partial charge in [-0.25, -0.2) is 4.79 Å². The Morgan fingerprint density at radius 1 is 1.28 bits per heavy atom. The maximum Gasteiger partial charge on any atom is 0.491 e. The third kappa shape index (κ3) is 4.90. The molecule has 0 unspecified atom stereocenters. The van der Waals surface area contributed by atoms with Crippen LogP contribution in [0.5, 0.6) is 17.2 Å². The summed E-state index contributed by atoms with van der Waals surface area (Å²) in [6.45, 7) is 2.31. The van der Waals surface area contributed by atoms with Crippen molar-refractivity contribution in [2.24, 2.45) is 0 Å². The van der Waals surface area contributed by atoms with Crippen LogP contribution < -0.4 is 14.2 Å². The van der Waals surface area contributed by atoms with E-state index >= 15 is 0 Å². The molecule has 7 nitrogen and oxygen atoms in total. The lowest BCUT2D eigenvalue weighted by molar-refractivity contribution is -0.128. The molecule has 0 amide bonds. The highest BCUT2D eigenvalue weighted by Gasteiger charge is 2.39. The number of rotatable bonds is 8. The fraction of sp³-hybridized carbons (Fsp3) is 0.533. The van der Waals surface area contributed by atoms with Crippen LogP contribution in [0.25, 0.3) is 0 Å². The maximum absolute atomic E-state index is 12.4. The first-order valence-electron chi connectivity index (χ1n) is 7.71. The second-order valence-electron chi connectivity index (χ2n) is 5.82. The minimum atomic E-state index is -1.73. The Morgan fingerprint density at radius 3 is 2.64 bits per heavy atom. The van der Waals surface area contributed by atoms with Gasteiger partial charge in [0.1, 0.15) is 17.8 Å². The van der Waals surface area contributed by atoms with Gasteiger partial charge in [0.05, 0.1) is 18.3 Å². The Kier molecular flexibility index (Phi) is 6.37. The molecule has 2 N–H and O–H groups in total. The minimum absolute atomic E-state index is 0.00473. The Labute approximate surface area is 149 Å². The van der Waals surface area contributed by atoms with Gasteiger partial charge in [-0.05, 0) is 12.8 Å². The zero-order valence-electron chi connectivity index (χ0n) is 13.9. The lowest BCUT2D eigenvalue weighted by Gasteiger charge is -2.33. The Hall–Kier alpha value is -1.71. The van der Waals surface area contributed by atoms with Crippen LogP contribution in [-0.4, -0.2) is 48.7 Å². The predicted octanol–water partition coefficient (Wildman–Crippen LogP) is 2.14. The van der Waals surface area contributed by atoms with Crippen LogP contribution in [0.3, 0.4) is 0 Å². The molecule has 10 heteroatoms. The van der Waals surface area contributed by atoms with Crippen molar-refractivity contribution in [3.63, 3.8) is 0 Å². The number of unbranched alkanes of at least 4 members (excludes halogenated alkanes) is 1. The lowest BCUT2D eigenvalue weighted by Crippen LogP contribution is -2.39. The number of carbonyl (C=O) groups excluding carboxylic acids is 1. The van der Waals surface area contributed by atoms with Gasteiger partial charge < -0.3 is 29.0 Å². The fourth-order valence-corrected chi connectivity index (χ4v) is 2.44. The first kappa shape index (κ1) is 19.6. The highest BCUT2D eigenvalue weighted by Crippen LogP contribution is 2.48. The number of benzene rings is 1. The predicted molar refractivity (Wildman–Crippen MR) is 88.0 cm³/mol. The molecule has 1 aromatic rings. The van der Waals surface area contributed by atoms with Crippen molar-refractivity contribution in [3.05, 3.63) is 16.7 Å². The summed E-state index contributed by atoms with van der Waals surface area (Å²) >= 11 is 6.17. The molecule has 1 aromatic carbocycles. The van der Waals surface area contributed by atoms with E-state index in [1.54, 1.807) is 0 Å². The summed E-state index contributed by atoms with van der Waals surface area (Å²) < 4.78 is 33.8. The first-order chi connectivity index (χ1) is 11.7. The molecular weight excluding hydrogens is 357 g/mol. The number of ether oxygens (including phenoxy) is 4. The average Bonchev–Trinajstić information content (AvgIpc) is 2.48. The average molecular weight is 377 g/mol. The normalized spacial score (nSPS) is 15.0. The third-order valence-electron chi connectivity index (χ3n) is 3.21. The van der Waals surface area contributed by atoms with Crippen LogP contribution in [0, 0.1) is 0 Å². The summed E-state index contributed by atoms with van der Waals surface area (Å²) in [6.07, 6.45) is 0.790. The van der Waals surface area contributed by atoms with Crippen LogP contribution in [0.4, 0.5) is 4.39 Å². The highest BCUT2D eigenvalue weighted by molar-refractivity contribution is 6.41. The number of alkyl halides is 1. The van der Waals surface area contributed by atoms with Crippen molar-refractivity contribution in [3.8, 4) is 17.2 Å². The van der Waals surface area contributed by atoms with Crippen molar-refractivity contribution in [2.75, 3.05) is 19.8 Å². The molecule has 2 rings (SSSR count). The zero-order chi connectivity index (χ0) is 18.6. The van der Waals surface area contributed by atoms with E-state index in [0.29, 0.717) is 12.8 Å². The molecule has 0 aliphatic carbocycles. The van der Waals surface area contributed by atoms with Crippen LogP contribution in [-0.2, 0) is 4.74 Å². The lowest BCUT2D eigenvalue weighted by atomic mass is 9.95. The van der Waals surface area contributed by atoms with Crippen LogP contribution in [0.15, 0.2) is 6.07 Å². The van der Waals surface area contributed by atoms with Crippen LogP contribution in [0.2, 0.25) is 5.02 Å². The topological polar surface area (TPSA) is 94.5 Å². The first-order valence-corrected chi connectivity index (χ1v) is 8.09. The van der Waals surface area contributed by atoms with Gasteiger partial charge in [0.2, 0.25) is 5.79 Å². The van der Waals surface area contributed by atoms with Gasteiger partial charge in [0.15, 0.2) is 11.5 Å². The summed E-state index contributed by atoms with van der Waals surface area (Å²) in [5.74, 6) is -1.87. The number of fused-ring (bicyclic) bond motifs is 1. The van der Waals surface area contributed by atoms with Gasteiger partial charge >= 0.3 is 13.1 Å². The molecule has 138 valence electrons. The summed E-state index contributed by atoms with van der Waals surface area (Å²) in [4.78, 5) is 12.4. The Balaban J connectivity index is 2.40. The fourth-order valence-electron chi connectivity index (χ4n) is 2.20. The molecule has 0 aromatic heterocycles. The van der Waals surface area contributed by atoms with Gasteiger partial charge in [0, 0.05) is 19.9 Å². The zero-order valence-corrected chi connectivity index (χ0v) is 14.6. The molecule has 25 heavy (non-hydrogen) atoms.